The third-order valence-corrected chi connectivity index (χ3v) is 6.79. The van der Waals surface area contributed by atoms with Crippen molar-refractivity contribution in [3.63, 3.8) is 0 Å². The first-order valence-corrected chi connectivity index (χ1v) is 13.2. The second-order valence-corrected chi connectivity index (χ2v) is 10.1. The molecule has 0 spiro atoms. The van der Waals surface area contributed by atoms with Gasteiger partial charge in [-0.25, -0.2) is 18.5 Å². The van der Waals surface area contributed by atoms with Crippen LogP contribution in [0.5, 0.6) is 5.75 Å². The molecule has 0 aromatic heterocycles. The Morgan fingerprint density at radius 2 is 1.87 bits per heavy atom. The van der Waals surface area contributed by atoms with Crippen molar-refractivity contribution in [2.24, 2.45) is 0 Å². The van der Waals surface area contributed by atoms with Gasteiger partial charge in [0.25, 0.3) is 5.70 Å². The minimum absolute atomic E-state index is 0. The van der Waals surface area contributed by atoms with Crippen molar-refractivity contribution >= 4 is 43.8 Å². The van der Waals surface area contributed by atoms with Crippen LogP contribution in [-0.4, -0.2) is 25.3 Å². The van der Waals surface area contributed by atoms with E-state index >= 15 is 0 Å². The maximum atomic E-state index is 11.1. The van der Waals surface area contributed by atoms with Gasteiger partial charge in [0.05, 0.1) is 40.1 Å². The largest absolute Gasteiger partial charge is 1.00 e. The van der Waals surface area contributed by atoms with Crippen molar-refractivity contribution in [2.75, 3.05) is 17.2 Å². The molecule has 0 saturated carbocycles. The summed E-state index contributed by atoms with van der Waals surface area (Å²) in [4.78, 5) is 5.02. The molecule has 11 heteroatoms. The van der Waals surface area contributed by atoms with Crippen molar-refractivity contribution < 1.29 is 47.3 Å². The topological polar surface area (TPSA) is 122 Å². The van der Waals surface area contributed by atoms with Gasteiger partial charge in [0.2, 0.25) is 5.88 Å². The fraction of sp³-hybridized carbons (Fsp3) is 0.107. The van der Waals surface area contributed by atoms with Gasteiger partial charge >= 0.3 is 29.6 Å². The van der Waals surface area contributed by atoms with Crippen molar-refractivity contribution in [1.29, 1.82) is 10.5 Å². The molecule has 0 atom stereocenters. The Morgan fingerprint density at radius 1 is 1.13 bits per heavy atom. The van der Waals surface area contributed by atoms with Gasteiger partial charge in [-0.2, -0.15) is 5.26 Å². The third kappa shape index (κ3) is 6.89. The molecule has 1 aliphatic heterocycles. The molecule has 0 amide bonds. The van der Waals surface area contributed by atoms with E-state index in [1.165, 1.54) is 12.2 Å². The first-order valence-electron chi connectivity index (χ1n) is 11.3. The molecule has 0 aliphatic carbocycles. The Morgan fingerprint density at radius 3 is 2.56 bits per heavy atom. The zero-order valence-electron chi connectivity index (χ0n) is 20.8. The van der Waals surface area contributed by atoms with E-state index < -0.39 is 15.9 Å². The Balaban J connectivity index is 0.00000420. The second kappa shape index (κ2) is 13.0. The number of anilines is 1. The SMILES string of the molecule is [C-]#[N+]/C(C#N)=C(/C(C#N)=C/C=C1\Oc2ccc(Cl)cc2N1CCCS(=O)(=O)[O-])c1cccc2ccccc12.[Na+]. The van der Waals surface area contributed by atoms with E-state index in [-0.39, 0.29) is 65.2 Å². The molecular formula is C28H18ClN4NaO4S. The maximum Gasteiger partial charge on any atom is 1.00 e. The van der Waals surface area contributed by atoms with E-state index in [0.29, 0.717) is 22.0 Å². The quantitative estimate of drug-likeness (QED) is 0.142. The van der Waals surface area contributed by atoms with Gasteiger partial charge in [-0.15, -0.1) is 0 Å². The number of fused-ring (bicyclic) bond motifs is 2. The zero-order valence-corrected chi connectivity index (χ0v) is 24.3. The van der Waals surface area contributed by atoms with Crippen LogP contribution in [0, 0.1) is 29.2 Å². The molecule has 1 heterocycles. The van der Waals surface area contributed by atoms with Crippen LogP contribution in [0.3, 0.4) is 0 Å². The Labute approximate surface area is 253 Å². The summed E-state index contributed by atoms with van der Waals surface area (Å²) in [6.07, 6.45) is 2.98. The minimum atomic E-state index is -4.41. The van der Waals surface area contributed by atoms with Crippen LogP contribution in [0.1, 0.15) is 12.0 Å². The molecule has 188 valence electrons. The minimum Gasteiger partial charge on any atom is -0.748 e. The summed E-state index contributed by atoms with van der Waals surface area (Å²) in [6, 6.07) is 21.8. The number of hydrogen-bond acceptors (Lipinski definition) is 7. The zero-order chi connectivity index (χ0) is 27.3. The molecule has 4 rings (SSSR count). The Hall–Kier alpha value is -3.59. The van der Waals surface area contributed by atoms with E-state index in [1.54, 1.807) is 35.2 Å². The molecule has 39 heavy (non-hydrogen) atoms. The second-order valence-electron chi connectivity index (χ2n) is 8.15. The maximum absolute atomic E-state index is 11.1. The summed E-state index contributed by atoms with van der Waals surface area (Å²) in [5.41, 5.74) is 1.12. The molecule has 3 aromatic carbocycles. The number of nitriles is 2. The van der Waals surface area contributed by atoms with E-state index in [2.05, 4.69) is 10.9 Å². The molecule has 8 nitrogen and oxygen atoms in total. The van der Waals surface area contributed by atoms with Gasteiger partial charge in [-0.3, -0.25) is 0 Å². The summed E-state index contributed by atoms with van der Waals surface area (Å²) in [6.45, 7) is 7.69. The van der Waals surface area contributed by atoms with Gasteiger partial charge in [0, 0.05) is 29.0 Å². The van der Waals surface area contributed by atoms with Crippen molar-refractivity contribution in [3.05, 3.63) is 112 Å². The van der Waals surface area contributed by atoms with Crippen molar-refractivity contribution in [2.45, 2.75) is 6.42 Å². The third-order valence-electron chi connectivity index (χ3n) is 5.76. The molecular weight excluding hydrogens is 547 g/mol. The standard InChI is InChI=1S/C28H19ClN4O4S.Na/c1-32-24(18-31)28(23-9-4-7-19-6-2-3-8-22(19)23)20(17-30)10-13-27-33(14-5-15-38(34,35)36)25-16-21(29)11-12-26(25)37-27;/h2-4,6-13,16H,5,14-15H2,(H,34,35,36);/q;+1/p-1/b20-10+,27-13-,28-24-;. The van der Waals surface area contributed by atoms with Crippen LogP contribution in [-0.2, 0) is 10.1 Å². The molecule has 0 fully saturated rings. The summed E-state index contributed by atoms with van der Waals surface area (Å²) in [7, 11) is -4.41. The van der Waals surface area contributed by atoms with E-state index in [4.69, 9.17) is 22.9 Å². The van der Waals surface area contributed by atoms with Crippen LogP contribution < -0.4 is 39.2 Å². The molecule has 1 aliphatic rings. The normalized spacial score (nSPS) is 14.4. The van der Waals surface area contributed by atoms with Gasteiger partial charge in [-0.05, 0) is 47.0 Å². The van der Waals surface area contributed by atoms with Gasteiger partial charge in [0.1, 0.15) is 0 Å². The summed E-state index contributed by atoms with van der Waals surface area (Å²) in [5.74, 6) is 0.161. The van der Waals surface area contributed by atoms with Crippen LogP contribution in [0.4, 0.5) is 5.69 Å². The van der Waals surface area contributed by atoms with Crippen LogP contribution in [0.2, 0.25) is 5.02 Å². The summed E-state index contributed by atoms with van der Waals surface area (Å²) in [5, 5.41) is 21.9. The predicted molar refractivity (Wildman–Crippen MR) is 143 cm³/mol. The Kier molecular flexibility index (Phi) is 9.97. The molecule has 0 unspecified atom stereocenters. The monoisotopic (exact) mass is 564 g/mol. The number of hydrogen-bond donors (Lipinski definition) is 0. The number of benzene rings is 3. The van der Waals surface area contributed by atoms with Crippen molar-refractivity contribution in [3.8, 4) is 17.9 Å². The fourth-order valence-corrected chi connectivity index (χ4v) is 4.79. The van der Waals surface area contributed by atoms with E-state index in [1.807, 2.05) is 36.4 Å². The number of ether oxygens (including phenoxy) is 1. The number of rotatable bonds is 7. The summed E-state index contributed by atoms with van der Waals surface area (Å²) >= 11 is 6.15. The molecule has 0 saturated heterocycles. The van der Waals surface area contributed by atoms with Gasteiger partial charge < -0.3 is 14.2 Å². The van der Waals surface area contributed by atoms with E-state index in [0.717, 1.165) is 10.8 Å². The van der Waals surface area contributed by atoms with Crippen molar-refractivity contribution in [1.82, 2.24) is 0 Å². The molecule has 3 aromatic rings. The number of nitrogens with zero attached hydrogens (tertiary/aromatic N) is 4. The smallest absolute Gasteiger partial charge is 0.748 e. The first-order chi connectivity index (χ1) is 18.3. The first kappa shape index (κ1) is 30.0. The van der Waals surface area contributed by atoms with Crippen LogP contribution >= 0.6 is 11.6 Å². The van der Waals surface area contributed by atoms with E-state index in [9.17, 15) is 23.5 Å². The molecule has 0 bridgehead atoms. The summed E-state index contributed by atoms with van der Waals surface area (Å²) < 4.78 is 39.3. The van der Waals surface area contributed by atoms with Gasteiger partial charge in [0.15, 0.2) is 5.75 Å². The predicted octanol–water partition coefficient (Wildman–Crippen LogP) is 2.78. The Bertz CT molecular complexity index is 1740. The number of halogens is 1. The van der Waals surface area contributed by atoms with Gasteiger partial charge in [-0.1, -0.05) is 54.1 Å². The number of allylic oxidation sites excluding steroid dienone is 5. The van der Waals surface area contributed by atoms with Crippen LogP contribution in [0.15, 0.2) is 90.0 Å². The molecule has 0 radical (unpaired) electrons. The average molecular weight is 565 g/mol. The molecule has 0 N–H and O–H groups in total. The van der Waals surface area contributed by atoms with Crippen LogP contribution in [0.25, 0.3) is 21.2 Å². The fourth-order valence-electron chi connectivity index (χ4n) is 4.14. The average Bonchev–Trinajstić information content (AvgIpc) is 3.24.